The maximum atomic E-state index is 13.2. The van der Waals surface area contributed by atoms with Gasteiger partial charge in [0, 0.05) is 24.8 Å². The van der Waals surface area contributed by atoms with Crippen LogP contribution in [0, 0.1) is 17.7 Å². The fraction of sp³-hybridized carbons (Fsp3) is 0.536. The molecule has 0 bridgehead atoms. The molecular formula is C28H38FN3O3. The Balaban J connectivity index is 1.30. The minimum atomic E-state index is -0.952. The number of halogens is 1. The smallest absolute Gasteiger partial charge is 0.319 e. The van der Waals surface area contributed by atoms with Crippen molar-refractivity contribution in [2.45, 2.75) is 50.5 Å². The molecule has 2 amide bonds. The van der Waals surface area contributed by atoms with Crippen LogP contribution in [0.3, 0.4) is 0 Å². The first kappa shape index (κ1) is 25.5. The van der Waals surface area contributed by atoms with Crippen LogP contribution in [0.1, 0.15) is 44.1 Å². The third-order valence-corrected chi connectivity index (χ3v) is 7.64. The average Bonchev–Trinajstić information content (AvgIpc) is 3.42. The molecular weight excluding hydrogens is 445 g/mol. The first-order valence-electron chi connectivity index (χ1n) is 12.8. The van der Waals surface area contributed by atoms with Gasteiger partial charge in [-0.15, -0.1) is 0 Å². The molecule has 2 aromatic rings. The fourth-order valence-electron chi connectivity index (χ4n) is 5.59. The summed E-state index contributed by atoms with van der Waals surface area (Å²) in [5, 5.41) is 17.5. The lowest BCUT2D eigenvalue weighted by Crippen LogP contribution is -2.56. The maximum absolute atomic E-state index is 13.2. The van der Waals surface area contributed by atoms with Gasteiger partial charge in [0.1, 0.15) is 11.6 Å². The SMILES string of the molecule is COc1cccc(NC(=O)NC[C@](O)(CN2CCC(Cc3ccc(F)cc3)CC2)C2CCCC2)c1. The summed E-state index contributed by atoms with van der Waals surface area (Å²) in [6, 6.07) is 13.7. The molecule has 0 aromatic heterocycles. The number of nitrogens with zero attached hydrogens (tertiary/aromatic N) is 1. The van der Waals surface area contributed by atoms with E-state index in [1.807, 2.05) is 24.3 Å². The number of anilines is 1. The number of carbonyl (C=O) groups excluding carboxylic acids is 1. The van der Waals surface area contributed by atoms with Gasteiger partial charge in [0.2, 0.25) is 0 Å². The Kier molecular flexibility index (Phi) is 8.63. The molecule has 6 nitrogen and oxygen atoms in total. The summed E-state index contributed by atoms with van der Waals surface area (Å²) < 4.78 is 18.4. The van der Waals surface area contributed by atoms with Gasteiger partial charge in [0.15, 0.2) is 0 Å². The number of rotatable bonds is 9. The van der Waals surface area contributed by atoms with E-state index in [2.05, 4.69) is 15.5 Å². The number of piperidine rings is 1. The third kappa shape index (κ3) is 7.18. The zero-order valence-electron chi connectivity index (χ0n) is 20.6. The molecule has 190 valence electrons. The highest BCUT2D eigenvalue weighted by Gasteiger charge is 2.40. The van der Waals surface area contributed by atoms with Crippen LogP contribution in [-0.4, -0.2) is 54.9 Å². The van der Waals surface area contributed by atoms with Crippen LogP contribution in [0.25, 0.3) is 0 Å². The standard InChI is InChI=1S/C28H38FN3O3/c1-35-26-8-4-7-25(18-26)31-27(33)30-19-28(34,23-5-2-3-6-23)20-32-15-13-22(14-16-32)17-21-9-11-24(29)12-10-21/h4,7-12,18,22-23,34H,2-3,5-6,13-17,19-20H2,1H3,(H2,30,31,33)/t28-/m0/s1. The van der Waals surface area contributed by atoms with Crippen molar-refractivity contribution in [2.24, 2.45) is 11.8 Å². The van der Waals surface area contributed by atoms with Crippen LogP contribution in [0.15, 0.2) is 48.5 Å². The summed E-state index contributed by atoms with van der Waals surface area (Å²) in [7, 11) is 1.59. The predicted molar refractivity (Wildman–Crippen MR) is 136 cm³/mol. The highest BCUT2D eigenvalue weighted by atomic mass is 19.1. The van der Waals surface area contributed by atoms with Gasteiger partial charge in [-0.3, -0.25) is 0 Å². The first-order chi connectivity index (χ1) is 16.9. The second kappa shape index (κ2) is 11.9. The molecule has 1 aliphatic heterocycles. The predicted octanol–water partition coefficient (Wildman–Crippen LogP) is 4.83. The van der Waals surface area contributed by atoms with Gasteiger partial charge in [0.25, 0.3) is 0 Å². The van der Waals surface area contributed by atoms with E-state index < -0.39 is 5.60 Å². The van der Waals surface area contributed by atoms with Crippen LogP contribution < -0.4 is 15.4 Å². The molecule has 1 aliphatic carbocycles. The lowest BCUT2D eigenvalue weighted by molar-refractivity contribution is -0.0464. The lowest BCUT2D eigenvalue weighted by atomic mass is 9.83. The number of hydrogen-bond donors (Lipinski definition) is 3. The number of hydrogen-bond acceptors (Lipinski definition) is 4. The molecule has 1 saturated heterocycles. The van der Waals surface area contributed by atoms with Gasteiger partial charge in [-0.05, 0) is 86.9 Å². The van der Waals surface area contributed by atoms with Crippen LogP contribution in [-0.2, 0) is 6.42 Å². The number of likely N-dealkylation sites (tertiary alicyclic amines) is 1. The fourth-order valence-corrected chi connectivity index (χ4v) is 5.59. The van der Waals surface area contributed by atoms with Crippen molar-refractivity contribution in [3.8, 4) is 5.75 Å². The van der Waals surface area contributed by atoms with Gasteiger partial charge >= 0.3 is 6.03 Å². The van der Waals surface area contributed by atoms with Crippen LogP contribution in [0.4, 0.5) is 14.9 Å². The van der Waals surface area contributed by atoms with E-state index >= 15 is 0 Å². The van der Waals surface area contributed by atoms with E-state index in [0.717, 1.165) is 58.0 Å². The molecule has 4 rings (SSSR count). The summed E-state index contributed by atoms with van der Waals surface area (Å²) in [5.74, 6) is 1.24. The number of nitrogens with one attached hydrogen (secondary N) is 2. The molecule has 35 heavy (non-hydrogen) atoms. The first-order valence-corrected chi connectivity index (χ1v) is 12.8. The van der Waals surface area contributed by atoms with Crippen molar-refractivity contribution >= 4 is 11.7 Å². The van der Waals surface area contributed by atoms with E-state index in [4.69, 9.17) is 4.74 Å². The number of aliphatic hydroxyl groups is 1. The Morgan fingerprint density at radius 2 is 1.83 bits per heavy atom. The molecule has 1 saturated carbocycles. The number of urea groups is 1. The molecule has 0 radical (unpaired) electrons. The number of amides is 2. The number of benzene rings is 2. The summed E-state index contributed by atoms with van der Waals surface area (Å²) in [6.07, 6.45) is 7.33. The van der Waals surface area contributed by atoms with E-state index in [1.54, 1.807) is 19.2 Å². The molecule has 2 fully saturated rings. The number of methoxy groups -OCH3 is 1. The average molecular weight is 484 g/mol. The molecule has 1 atom stereocenters. The Hall–Kier alpha value is -2.64. The normalized spacial score (nSPS) is 19.3. The van der Waals surface area contributed by atoms with Crippen molar-refractivity contribution < 1.29 is 19.0 Å². The van der Waals surface area contributed by atoms with Crippen molar-refractivity contribution in [2.75, 3.05) is 38.6 Å². The summed E-state index contributed by atoms with van der Waals surface area (Å²) >= 11 is 0. The zero-order chi connectivity index (χ0) is 24.7. The largest absolute Gasteiger partial charge is 0.497 e. The summed E-state index contributed by atoms with van der Waals surface area (Å²) in [5.41, 5.74) is 0.875. The minimum Gasteiger partial charge on any atom is -0.497 e. The van der Waals surface area contributed by atoms with E-state index in [1.165, 1.54) is 17.7 Å². The number of ether oxygens (including phenoxy) is 1. The van der Waals surface area contributed by atoms with Gasteiger partial charge in [-0.1, -0.05) is 31.0 Å². The Labute approximate surface area is 207 Å². The van der Waals surface area contributed by atoms with Gasteiger partial charge < -0.3 is 25.4 Å². The molecule has 3 N–H and O–H groups in total. The third-order valence-electron chi connectivity index (χ3n) is 7.64. The molecule has 2 aliphatic rings. The summed E-state index contributed by atoms with van der Waals surface area (Å²) in [4.78, 5) is 14.9. The minimum absolute atomic E-state index is 0.191. The molecule has 1 heterocycles. The van der Waals surface area contributed by atoms with E-state index in [0.29, 0.717) is 23.9 Å². The quantitative estimate of drug-likeness (QED) is 0.478. The van der Waals surface area contributed by atoms with Crippen molar-refractivity contribution in [1.82, 2.24) is 10.2 Å². The number of carbonyl (C=O) groups is 1. The van der Waals surface area contributed by atoms with E-state index in [-0.39, 0.29) is 24.3 Å². The molecule has 2 aromatic carbocycles. The highest BCUT2D eigenvalue weighted by molar-refractivity contribution is 5.89. The van der Waals surface area contributed by atoms with Gasteiger partial charge in [0.05, 0.1) is 12.7 Å². The second-order valence-electron chi connectivity index (χ2n) is 10.2. The zero-order valence-corrected chi connectivity index (χ0v) is 20.6. The Morgan fingerprint density at radius 1 is 1.11 bits per heavy atom. The van der Waals surface area contributed by atoms with Crippen molar-refractivity contribution in [3.05, 3.63) is 59.9 Å². The Morgan fingerprint density at radius 3 is 2.51 bits per heavy atom. The molecule has 0 spiro atoms. The lowest BCUT2D eigenvalue weighted by Gasteiger charge is -2.41. The summed E-state index contributed by atoms with van der Waals surface area (Å²) in [6.45, 7) is 2.65. The van der Waals surface area contributed by atoms with Gasteiger partial charge in [-0.2, -0.15) is 0 Å². The molecule has 7 heteroatoms. The molecule has 0 unspecified atom stereocenters. The van der Waals surface area contributed by atoms with Crippen LogP contribution >= 0.6 is 0 Å². The monoisotopic (exact) mass is 483 g/mol. The number of β-amino-alcohol motifs (C(OH)–C–C–N with tert-alkyl or cyclic N) is 1. The van der Waals surface area contributed by atoms with Crippen LogP contribution in [0.2, 0.25) is 0 Å². The van der Waals surface area contributed by atoms with Crippen molar-refractivity contribution in [3.63, 3.8) is 0 Å². The van der Waals surface area contributed by atoms with Crippen molar-refractivity contribution in [1.29, 1.82) is 0 Å². The maximum Gasteiger partial charge on any atom is 0.319 e. The second-order valence-corrected chi connectivity index (χ2v) is 10.2. The van der Waals surface area contributed by atoms with E-state index in [9.17, 15) is 14.3 Å². The Bertz CT molecular complexity index is 956. The topological polar surface area (TPSA) is 73.8 Å². The highest BCUT2D eigenvalue weighted by Crippen LogP contribution is 2.35. The van der Waals surface area contributed by atoms with Gasteiger partial charge in [-0.25, -0.2) is 9.18 Å². The van der Waals surface area contributed by atoms with Crippen LogP contribution in [0.5, 0.6) is 5.75 Å².